The van der Waals surface area contributed by atoms with Gasteiger partial charge in [-0.2, -0.15) is 0 Å². The van der Waals surface area contributed by atoms with Crippen LogP contribution in [0.4, 0.5) is 10.1 Å². The molecule has 5 nitrogen and oxygen atoms in total. The summed E-state index contributed by atoms with van der Waals surface area (Å²) >= 11 is 0. The summed E-state index contributed by atoms with van der Waals surface area (Å²) < 4.78 is 13.4. The lowest BCUT2D eigenvalue weighted by Crippen LogP contribution is -2.36. The number of aromatic nitrogens is 1. The SMILES string of the molecule is Cc1ccc(NC(=O)C(=O)NCCc2ccccn2)cc1F. The van der Waals surface area contributed by atoms with E-state index in [0.29, 0.717) is 18.5 Å². The molecule has 1 heterocycles. The van der Waals surface area contributed by atoms with Crippen molar-refractivity contribution in [2.24, 2.45) is 0 Å². The molecule has 1 aromatic heterocycles. The van der Waals surface area contributed by atoms with Crippen molar-refractivity contribution < 1.29 is 14.0 Å². The Labute approximate surface area is 127 Å². The fraction of sp³-hybridized carbons (Fsp3) is 0.188. The molecular formula is C16H16FN3O2. The molecule has 2 N–H and O–H groups in total. The zero-order chi connectivity index (χ0) is 15.9. The first-order valence-corrected chi connectivity index (χ1v) is 6.81. The molecule has 0 spiro atoms. The Kier molecular flexibility index (Phi) is 5.19. The standard InChI is InChI=1S/C16H16FN3O2/c1-11-5-6-13(10-14(11)17)20-16(22)15(21)19-9-7-12-4-2-3-8-18-12/h2-6,8,10H,7,9H2,1H3,(H,19,21)(H,20,22). The Bertz CT molecular complexity index is 674. The van der Waals surface area contributed by atoms with Crippen LogP contribution in [0, 0.1) is 12.7 Å². The van der Waals surface area contributed by atoms with E-state index in [9.17, 15) is 14.0 Å². The number of pyridine rings is 1. The van der Waals surface area contributed by atoms with E-state index in [4.69, 9.17) is 0 Å². The second-order valence-corrected chi connectivity index (χ2v) is 4.75. The van der Waals surface area contributed by atoms with Crippen LogP contribution in [0.3, 0.4) is 0 Å². The van der Waals surface area contributed by atoms with Crippen LogP contribution in [0.1, 0.15) is 11.3 Å². The molecule has 0 bridgehead atoms. The summed E-state index contributed by atoms with van der Waals surface area (Å²) in [5.74, 6) is -2.03. The molecule has 0 aliphatic carbocycles. The van der Waals surface area contributed by atoms with Crippen molar-refractivity contribution in [1.29, 1.82) is 0 Å². The zero-order valence-electron chi connectivity index (χ0n) is 12.1. The smallest absolute Gasteiger partial charge is 0.313 e. The lowest BCUT2D eigenvalue weighted by atomic mass is 10.2. The van der Waals surface area contributed by atoms with Gasteiger partial charge in [0.1, 0.15) is 5.82 Å². The summed E-state index contributed by atoms with van der Waals surface area (Å²) in [6.45, 7) is 1.91. The highest BCUT2D eigenvalue weighted by Gasteiger charge is 2.13. The summed E-state index contributed by atoms with van der Waals surface area (Å²) in [6, 6.07) is 9.73. The lowest BCUT2D eigenvalue weighted by molar-refractivity contribution is -0.136. The third kappa shape index (κ3) is 4.37. The van der Waals surface area contributed by atoms with Crippen LogP contribution in [0.2, 0.25) is 0 Å². The predicted molar refractivity (Wildman–Crippen MR) is 80.7 cm³/mol. The number of nitrogens with zero attached hydrogens (tertiary/aromatic N) is 1. The van der Waals surface area contributed by atoms with Gasteiger partial charge in [0.2, 0.25) is 0 Å². The van der Waals surface area contributed by atoms with Crippen LogP contribution in [-0.2, 0) is 16.0 Å². The van der Waals surface area contributed by atoms with Gasteiger partial charge in [0.25, 0.3) is 0 Å². The molecule has 0 saturated heterocycles. The maximum atomic E-state index is 13.4. The highest BCUT2D eigenvalue weighted by Crippen LogP contribution is 2.13. The average molecular weight is 301 g/mol. The van der Waals surface area contributed by atoms with Gasteiger partial charge in [0.15, 0.2) is 0 Å². The summed E-state index contributed by atoms with van der Waals surface area (Å²) in [5, 5.41) is 4.84. The summed E-state index contributed by atoms with van der Waals surface area (Å²) in [6.07, 6.45) is 2.19. The third-order valence-electron chi connectivity index (χ3n) is 3.03. The zero-order valence-corrected chi connectivity index (χ0v) is 12.1. The average Bonchev–Trinajstić information content (AvgIpc) is 2.52. The van der Waals surface area contributed by atoms with Crippen molar-refractivity contribution in [3.8, 4) is 0 Å². The van der Waals surface area contributed by atoms with E-state index in [1.54, 1.807) is 19.2 Å². The first-order valence-electron chi connectivity index (χ1n) is 6.81. The molecule has 0 radical (unpaired) electrons. The normalized spacial score (nSPS) is 10.1. The first-order chi connectivity index (χ1) is 10.6. The van der Waals surface area contributed by atoms with Crippen molar-refractivity contribution in [3.63, 3.8) is 0 Å². The predicted octanol–water partition coefficient (Wildman–Crippen LogP) is 1.83. The third-order valence-corrected chi connectivity index (χ3v) is 3.03. The Hall–Kier alpha value is -2.76. The van der Waals surface area contributed by atoms with Gasteiger partial charge < -0.3 is 10.6 Å². The second kappa shape index (κ2) is 7.31. The Morgan fingerprint density at radius 1 is 1.18 bits per heavy atom. The minimum absolute atomic E-state index is 0.243. The molecule has 114 valence electrons. The van der Waals surface area contributed by atoms with Gasteiger partial charge in [-0.15, -0.1) is 0 Å². The molecule has 2 aromatic rings. The van der Waals surface area contributed by atoms with Crippen molar-refractivity contribution in [2.75, 3.05) is 11.9 Å². The molecular weight excluding hydrogens is 285 g/mol. The highest BCUT2D eigenvalue weighted by molar-refractivity contribution is 6.39. The minimum Gasteiger partial charge on any atom is -0.347 e. The Morgan fingerprint density at radius 3 is 2.68 bits per heavy atom. The van der Waals surface area contributed by atoms with Crippen LogP contribution in [0.5, 0.6) is 0 Å². The number of hydrogen-bond acceptors (Lipinski definition) is 3. The number of carbonyl (C=O) groups excluding carboxylic acids is 2. The number of hydrogen-bond donors (Lipinski definition) is 2. The van der Waals surface area contributed by atoms with Gasteiger partial charge in [-0.05, 0) is 36.8 Å². The topological polar surface area (TPSA) is 71.1 Å². The van der Waals surface area contributed by atoms with Gasteiger partial charge >= 0.3 is 11.8 Å². The molecule has 22 heavy (non-hydrogen) atoms. The van der Waals surface area contributed by atoms with Crippen molar-refractivity contribution in [3.05, 3.63) is 59.7 Å². The maximum Gasteiger partial charge on any atom is 0.313 e. The van der Waals surface area contributed by atoms with E-state index in [1.165, 1.54) is 18.2 Å². The molecule has 0 atom stereocenters. The number of halogens is 1. The molecule has 2 amide bonds. The molecule has 2 rings (SSSR count). The van der Waals surface area contributed by atoms with Crippen molar-refractivity contribution >= 4 is 17.5 Å². The number of benzene rings is 1. The fourth-order valence-electron chi connectivity index (χ4n) is 1.79. The van der Waals surface area contributed by atoms with Crippen LogP contribution in [0.15, 0.2) is 42.6 Å². The highest BCUT2D eigenvalue weighted by atomic mass is 19.1. The quantitative estimate of drug-likeness (QED) is 0.846. The van der Waals surface area contributed by atoms with E-state index in [1.807, 2.05) is 12.1 Å². The van der Waals surface area contributed by atoms with E-state index in [2.05, 4.69) is 15.6 Å². The fourth-order valence-corrected chi connectivity index (χ4v) is 1.79. The van der Waals surface area contributed by atoms with Crippen LogP contribution in [0.25, 0.3) is 0 Å². The lowest BCUT2D eigenvalue weighted by Gasteiger charge is -2.07. The van der Waals surface area contributed by atoms with E-state index in [0.717, 1.165) is 5.69 Å². The Morgan fingerprint density at radius 2 is 2.00 bits per heavy atom. The summed E-state index contributed by atoms with van der Waals surface area (Å²) in [7, 11) is 0. The van der Waals surface area contributed by atoms with Crippen LogP contribution < -0.4 is 10.6 Å². The number of aryl methyl sites for hydroxylation is 1. The Balaban J connectivity index is 1.82. The first kappa shape index (κ1) is 15.6. The second-order valence-electron chi connectivity index (χ2n) is 4.75. The van der Waals surface area contributed by atoms with Crippen molar-refractivity contribution in [2.45, 2.75) is 13.3 Å². The van der Waals surface area contributed by atoms with Crippen LogP contribution in [-0.4, -0.2) is 23.3 Å². The summed E-state index contributed by atoms with van der Waals surface area (Å²) in [5.41, 5.74) is 1.54. The van der Waals surface area contributed by atoms with E-state index >= 15 is 0 Å². The number of carbonyl (C=O) groups is 2. The van der Waals surface area contributed by atoms with E-state index < -0.39 is 17.6 Å². The van der Waals surface area contributed by atoms with Crippen LogP contribution >= 0.6 is 0 Å². The van der Waals surface area contributed by atoms with Gasteiger partial charge in [-0.25, -0.2) is 4.39 Å². The number of amides is 2. The minimum atomic E-state index is -0.829. The molecule has 0 fully saturated rings. The number of rotatable bonds is 4. The number of anilines is 1. The molecule has 0 unspecified atom stereocenters. The van der Waals surface area contributed by atoms with E-state index in [-0.39, 0.29) is 5.69 Å². The molecule has 1 aromatic carbocycles. The van der Waals surface area contributed by atoms with Gasteiger partial charge in [0.05, 0.1) is 0 Å². The van der Waals surface area contributed by atoms with Gasteiger partial charge in [-0.1, -0.05) is 12.1 Å². The molecule has 0 saturated carbocycles. The molecule has 0 aliphatic rings. The largest absolute Gasteiger partial charge is 0.347 e. The summed E-state index contributed by atoms with van der Waals surface area (Å²) in [4.78, 5) is 27.5. The van der Waals surface area contributed by atoms with Crippen molar-refractivity contribution in [1.82, 2.24) is 10.3 Å². The maximum absolute atomic E-state index is 13.4. The van der Waals surface area contributed by atoms with Gasteiger partial charge in [0, 0.05) is 30.5 Å². The molecule has 6 heteroatoms. The van der Waals surface area contributed by atoms with Gasteiger partial charge in [-0.3, -0.25) is 14.6 Å². The monoisotopic (exact) mass is 301 g/mol. The number of nitrogens with one attached hydrogen (secondary N) is 2. The molecule has 0 aliphatic heterocycles.